The molecule has 2 heterocycles. The average molecular weight is 356 g/mol. The van der Waals surface area contributed by atoms with Crippen molar-refractivity contribution in [3.63, 3.8) is 0 Å². The summed E-state index contributed by atoms with van der Waals surface area (Å²) in [5, 5.41) is 5.67. The van der Waals surface area contributed by atoms with Gasteiger partial charge in [-0.3, -0.25) is 0 Å². The van der Waals surface area contributed by atoms with E-state index in [9.17, 15) is 0 Å². The fraction of sp³-hybridized carbons (Fsp3) is 0.588. The first-order valence-corrected chi connectivity index (χ1v) is 9.05. The Balaban J connectivity index is 1.82. The molecule has 0 saturated carbocycles. The van der Waals surface area contributed by atoms with Gasteiger partial charge in [0.1, 0.15) is 0 Å². The Bertz CT molecular complexity index is 582. The molecule has 1 N–H and O–H groups in total. The molecule has 0 aliphatic carbocycles. The summed E-state index contributed by atoms with van der Waals surface area (Å²) in [6, 6.07) is 4.04. The number of ether oxygens (including phenoxy) is 1. The molecule has 2 unspecified atom stereocenters. The lowest BCUT2D eigenvalue weighted by atomic mass is 9.86. The molecule has 0 amide bonds. The zero-order valence-corrected chi connectivity index (χ0v) is 15.1. The number of benzene rings is 1. The molecule has 0 spiro atoms. The van der Waals surface area contributed by atoms with E-state index in [0.29, 0.717) is 28.3 Å². The third-order valence-corrected chi connectivity index (χ3v) is 5.09. The van der Waals surface area contributed by atoms with Crippen LogP contribution in [0, 0.1) is 5.92 Å². The Kier molecular flexibility index (Phi) is 5.34. The molecule has 2 aliphatic heterocycles. The summed E-state index contributed by atoms with van der Waals surface area (Å²) >= 11 is 12.7. The van der Waals surface area contributed by atoms with Crippen molar-refractivity contribution in [3.05, 3.63) is 27.7 Å². The zero-order chi connectivity index (χ0) is 16.4. The van der Waals surface area contributed by atoms with Crippen LogP contribution in [0.25, 0.3) is 0 Å². The van der Waals surface area contributed by atoms with Crippen molar-refractivity contribution in [2.45, 2.75) is 32.7 Å². The van der Waals surface area contributed by atoms with Crippen molar-refractivity contribution in [2.75, 3.05) is 26.2 Å². The van der Waals surface area contributed by atoms with E-state index in [2.05, 4.69) is 22.4 Å². The Labute approximate surface area is 147 Å². The van der Waals surface area contributed by atoms with Gasteiger partial charge < -0.3 is 15.1 Å². The maximum Gasteiger partial charge on any atom is 0.156 e. The minimum Gasteiger partial charge on any atom is -0.491 e. The van der Waals surface area contributed by atoms with Gasteiger partial charge in [-0.1, -0.05) is 30.1 Å². The molecule has 3 rings (SSSR count). The minimum atomic E-state index is 0.135. The third-order valence-electron chi connectivity index (χ3n) is 4.52. The average Bonchev–Trinajstić information content (AvgIpc) is 2.94. The minimum absolute atomic E-state index is 0.135. The van der Waals surface area contributed by atoms with Crippen LogP contribution in [0.4, 0.5) is 0 Å². The van der Waals surface area contributed by atoms with Crippen LogP contribution in [0.2, 0.25) is 10.0 Å². The van der Waals surface area contributed by atoms with Gasteiger partial charge in [0.25, 0.3) is 0 Å². The summed E-state index contributed by atoms with van der Waals surface area (Å²) in [4.78, 5) is 2.52. The van der Waals surface area contributed by atoms with E-state index in [0.717, 1.165) is 31.6 Å². The van der Waals surface area contributed by atoms with Crippen LogP contribution in [-0.4, -0.2) is 36.9 Å². The van der Waals surface area contributed by atoms with Gasteiger partial charge in [-0.05, 0) is 37.6 Å². The summed E-state index contributed by atoms with van der Waals surface area (Å²) in [5.41, 5.74) is 5.63. The molecule has 23 heavy (non-hydrogen) atoms. The summed E-state index contributed by atoms with van der Waals surface area (Å²) in [5.74, 6) is 0.954. The second-order valence-corrected chi connectivity index (χ2v) is 6.93. The summed E-state index contributed by atoms with van der Waals surface area (Å²) in [6.45, 7) is 7.96. The molecule has 2 atom stereocenters. The number of rotatable bonds is 5. The van der Waals surface area contributed by atoms with Crippen molar-refractivity contribution in [1.82, 2.24) is 10.3 Å². The molecule has 6 heteroatoms. The van der Waals surface area contributed by atoms with Gasteiger partial charge in [0.2, 0.25) is 0 Å². The first-order chi connectivity index (χ1) is 11.1. The highest BCUT2D eigenvalue weighted by Crippen LogP contribution is 2.39. The van der Waals surface area contributed by atoms with E-state index < -0.39 is 0 Å². The lowest BCUT2D eigenvalue weighted by Gasteiger charge is -2.33. The number of hydrogen-bond donors (Lipinski definition) is 1. The SMILES string of the molecule is CCCN1CCC2=NNC(c3cc(Cl)c(OCC)c(Cl)c3)C2C1. The van der Waals surface area contributed by atoms with E-state index in [1.165, 1.54) is 12.1 Å². The van der Waals surface area contributed by atoms with E-state index in [4.69, 9.17) is 27.9 Å². The fourth-order valence-electron chi connectivity index (χ4n) is 3.48. The number of likely N-dealkylation sites (tertiary alicyclic amines) is 1. The van der Waals surface area contributed by atoms with Crippen molar-refractivity contribution >= 4 is 28.9 Å². The topological polar surface area (TPSA) is 36.9 Å². The summed E-state index contributed by atoms with van der Waals surface area (Å²) in [6.07, 6.45) is 2.21. The highest BCUT2D eigenvalue weighted by molar-refractivity contribution is 6.37. The van der Waals surface area contributed by atoms with Gasteiger partial charge in [-0.2, -0.15) is 5.10 Å². The Hall–Kier alpha value is -0.970. The molecule has 2 aliphatic rings. The Morgan fingerprint density at radius 3 is 2.70 bits per heavy atom. The molecule has 1 aromatic rings. The Morgan fingerprint density at radius 2 is 2.04 bits per heavy atom. The number of nitrogens with zero attached hydrogens (tertiary/aromatic N) is 2. The normalized spacial score (nSPS) is 24.1. The molecule has 0 bridgehead atoms. The molecule has 1 saturated heterocycles. The summed E-state index contributed by atoms with van der Waals surface area (Å²) < 4.78 is 5.52. The van der Waals surface area contributed by atoms with Crippen molar-refractivity contribution < 1.29 is 4.74 Å². The van der Waals surface area contributed by atoms with Gasteiger partial charge in [-0.15, -0.1) is 0 Å². The van der Waals surface area contributed by atoms with E-state index >= 15 is 0 Å². The van der Waals surface area contributed by atoms with Crippen molar-refractivity contribution in [3.8, 4) is 5.75 Å². The van der Waals surface area contributed by atoms with Crippen molar-refractivity contribution in [1.29, 1.82) is 0 Å². The third kappa shape index (κ3) is 3.44. The second-order valence-electron chi connectivity index (χ2n) is 6.11. The number of hydrogen-bond acceptors (Lipinski definition) is 4. The van der Waals surface area contributed by atoms with Crippen LogP contribution >= 0.6 is 23.2 Å². The van der Waals surface area contributed by atoms with Gasteiger partial charge in [0.05, 0.1) is 22.7 Å². The predicted molar refractivity (Wildman–Crippen MR) is 95.8 cm³/mol. The van der Waals surface area contributed by atoms with Gasteiger partial charge >= 0.3 is 0 Å². The quantitative estimate of drug-likeness (QED) is 0.862. The molecular formula is C17H23Cl2N3O. The number of hydrazone groups is 1. The van der Waals surface area contributed by atoms with Crippen LogP contribution in [0.3, 0.4) is 0 Å². The van der Waals surface area contributed by atoms with Crippen LogP contribution in [0.5, 0.6) is 5.75 Å². The van der Waals surface area contributed by atoms with Crippen molar-refractivity contribution in [2.24, 2.45) is 11.0 Å². The lowest BCUT2D eigenvalue weighted by Crippen LogP contribution is -2.42. The van der Waals surface area contributed by atoms with Gasteiger partial charge in [0.15, 0.2) is 5.75 Å². The second kappa shape index (κ2) is 7.29. The summed E-state index contributed by atoms with van der Waals surface area (Å²) in [7, 11) is 0. The first kappa shape index (κ1) is 16.9. The molecule has 0 aromatic heterocycles. The lowest BCUT2D eigenvalue weighted by molar-refractivity contribution is 0.228. The number of halogens is 2. The molecule has 1 fully saturated rings. The van der Waals surface area contributed by atoms with Crippen LogP contribution in [0.1, 0.15) is 38.3 Å². The zero-order valence-electron chi connectivity index (χ0n) is 13.6. The predicted octanol–water partition coefficient (Wildman–Crippen LogP) is 4.12. The highest BCUT2D eigenvalue weighted by atomic mass is 35.5. The standard InChI is InChI=1S/C17H23Cl2N3O/c1-3-6-22-7-5-15-12(10-22)16(21-20-15)11-8-13(18)17(23-4-2)14(19)9-11/h8-9,12,16,21H,3-7,10H2,1-2H3. The largest absolute Gasteiger partial charge is 0.491 e. The Morgan fingerprint density at radius 1 is 1.30 bits per heavy atom. The van der Waals surface area contributed by atoms with E-state index in [1.807, 2.05) is 19.1 Å². The monoisotopic (exact) mass is 355 g/mol. The van der Waals surface area contributed by atoms with Gasteiger partial charge in [0, 0.05) is 31.1 Å². The maximum atomic E-state index is 6.36. The molecular weight excluding hydrogens is 333 g/mol. The maximum absolute atomic E-state index is 6.36. The number of nitrogens with one attached hydrogen (secondary N) is 1. The van der Waals surface area contributed by atoms with Crippen LogP contribution in [-0.2, 0) is 0 Å². The highest BCUT2D eigenvalue weighted by Gasteiger charge is 2.37. The number of piperidine rings is 1. The molecule has 0 radical (unpaired) electrons. The first-order valence-electron chi connectivity index (χ1n) is 8.30. The fourth-order valence-corrected chi connectivity index (χ4v) is 4.09. The van der Waals surface area contributed by atoms with Crippen LogP contribution in [0.15, 0.2) is 17.2 Å². The smallest absolute Gasteiger partial charge is 0.156 e. The molecule has 126 valence electrons. The van der Waals surface area contributed by atoms with E-state index in [-0.39, 0.29) is 6.04 Å². The van der Waals surface area contributed by atoms with Crippen LogP contribution < -0.4 is 10.2 Å². The molecule has 4 nitrogen and oxygen atoms in total. The van der Waals surface area contributed by atoms with E-state index in [1.54, 1.807) is 0 Å². The number of fused-ring (bicyclic) bond motifs is 1. The van der Waals surface area contributed by atoms with Gasteiger partial charge in [-0.25, -0.2) is 0 Å². The molecule has 1 aromatic carbocycles.